The van der Waals surface area contributed by atoms with Crippen molar-refractivity contribution in [2.45, 2.75) is 170 Å². The summed E-state index contributed by atoms with van der Waals surface area (Å²) >= 11 is 0. The number of nitrogens with zero attached hydrogens (tertiary/aromatic N) is 1. The molecule has 0 radical (unpaired) electrons. The van der Waals surface area contributed by atoms with E-state index in [1.807, 2.05) is 0 Å². The molecule has 0 rings (SSSR count). The predicted molar refractivity (Wildman–Crippen MR) is 166 cm³/mol. The van der Waals surface area contributed by atoms with Gasteiger partial charge in [-0.1, -0.05) is 131 Å². The highest BCUT2D eigenvalue weighted by molar-refractivity contribution is 7.45. The molecule has 0 saturated carbocycles. The van der Waals surface area contributed by atoms with Gasteiger partial charge in [0.05, 0.1) is 39.4 Å². The normalized spacial score (nSPS) is 12.0. The van der Waals surface area contributed by atoms with Crippen molar-refractivity contribution < 1.29 is 23.0 Å². The van der Waals surface area contributed by atoms with Gasteiger partial charge in [0.15, 0.2) is 0 Å². The molecule has 0 atom stereocenters. The minimum atomic E-state index is -4.07. The lowest BCUT2D eigenvalue weighted by molar-refractivity contribution is -0.929. The van der Waals surface area contributed by atoms with Crippen LogP contribution < -0.4 is 4.89 Å². The largest absolute Gasteiger partial charge is 0.756 e. The molecule has 0 amide bonds. The minimum absolute atomic E-state index is 0.253. The summed E-state index contributed by atoms with van der Waals surface area (Å²) in [6.07, 6.45) is 24.4. The quantitative estimate of drug-likeness (QED) is 0.0540. The summed E-state index contributed by atoms with van der Waals surface area (Å²) in [5.41, 5.74) is 0. The van der Waals surface area contributed by atoms with E-state index in [4.69, 9.17) is 9.05 Å². The number of phosphoric acid groups is 1. The molecule has 0 unspecified atom stereocenters. The first-order valence-corrected chi connectivity index (χ1v) is 18.3. The van der Waals surface area contributed by atoms with Crippen LogP contribution in [0.15, 0.2) is 0 Å². The molecular formula is C32H70NO4P. The third-order valence-corrected chi connectivity index (χ3v) is 8.44. The monoisotopic (exact) mass is 564 g/mol. The van der Waals surface area contributed by atoms with Crippen molar-refractivity contribution in [2.24, 2.45) is 0 Å². The summed E-state index contributed by atoms with van der Waals surface area (Å²) in [7, 11) is -4.07. The van der Waals surface area contributed by atoms with E-state index in [1.54, 1.807) is 0 Å². The number of unbranched alkanes of at least 4 members (excludes halogenated alkanes) is 14. The second-order valence-electron chi connectivity index (χ2n) is 11.3. The number of phosphoric ester groups is 1. The Bertz CT molecular complexity index is 444. The van der Waals surface area contributed by atoms with Crippen LogP contribution in [0.4, 0.5) is 0 Å². The maximum Gasteiger partial charge on any atom is 0.267 e. The lowest BCUT2D eigenvalue weighted by Gasteiger charge is -2.39. The Balaban J connectivity index is 0. The van der Waals surface area contributed by atoms with E-state index in [-0.39, 0.29) is 13.2 Å². The Morgan fingerprint density at radius 3 is 1.00 bits per heavy atom. The molecule has 6 heteroatoms. The number of hydrogen-bond donors (Lipinski definition) is 0. The summed E-state index contributed by atoms with van der Waals surface area (Å²) < 4.78 is 22.6. The second-order valence-corrected chi connectivity index (χ2v) is 12.7. The van der Waals surface area contributed by atoms with Crippen LogP contribution in [0.3, 0.4) is 0 Å². The van der Waals surface area contributed by atoms with Crippen LogP contribution in [-0.2, 0) is 13.6 Å². The molecule has 0 aliphatic rings. The van der Waals surface area contributed by atoms with Crippen molar-refractivity contribution in [2.75, 3.05) is 39.4 Å². The number of hydrogen-bond acceptors (Lipinski definition) is 4. The van der Waals surface area contributed by atoms with Gasteiger partial charge in [-0.05, 0) is 38.5 Å². The van der Waals surface area contributed by atoms with Gasteiger partial charge in [-0.3, -0.25) is 4.57 Å². The maximum absolute atomic E-state index is 11.5. The summed E-state index contributed by atoms with van der Waals surface area (Å²) in [4.78, 5) is 11.5. The molecule has 0 bridgehead atoms. The van der Waals surface area contributed by atoms with Gasteiger partial charge in [-0.2, -0.15) is 0 Å². The standard InChI is InChI=1S/C16H36N.C16H35O4P/c1-5-9-13-17(14-10-6-2,15-11-7-3)16-12-8-4;1-3-5-7-9-11-13-15-19-21(17,18)20-16-14-12-10-8-6-4-2/h5-16H2,1-4H3;3-16H2,1-2H3,(H,17,18)/q+1;/p-1. The molecule has 0 heterocycles. The van der Waals surface area contributed by atoms with Crippen molar-refractivity contribution in [3.8, 4) is 0 Å². The Morgan fingerprint density at radius 1 is 0.447 bits per heavy atom. The molecule has 0 saturated heterocycles. The number of rotatable bonds is 28. The molecule has 5 nitrogen and oxygen atoms in total. The maximum atomic E-state index is 11.5. The van der Waals surface area contributed by atoms with Gasteiger partial charge in [0.2, 0.25) is 0 Å². The van der Waals surface area contributed by atoms with Gasteiger partial charge < -0.3 is 18.4 Å². The van der Waals surface area contributed by atoms with E-state index < -0.39 is 7.82 Å². The Kier molecular flexibility index (Phi) is 31.8. The average Bonchev–Trinajstić information content (AvgIpc) is 2.91. The fraction of sp³-hybridized carbons (Fsp3) is 1.00. The molecule has 0 N–H and O–H groups in total. The van der Waals surface area contributed by atoms with Crippen molar-refractivity contribution in [1.29, 1.82) is 0 Å². The van der Waals surface area contributed by atoms with Crippen LogP contribution in [-0.4, -0.2) is 43.9 Å². The molecule has 232 valence electrons. The smallest absolute Gasteiger partial charge is 0.267 e. The second kappa shape index (κ2) is 30.0. The van der Waals surface area contributed by atoms with Crippen molar-refractivity contribution in [3.63, 3.8) is 0 Å². The molecule has 0 fully saturated rings. The third-order valence-electron chi connectivity index (χ3n) is 7.44. The Morgan fingerprint density at radius 2 is 0.711 bits per heavy atom. The molecule has 0 aliphatic heterocycles. The zero-order valence-corrected chi connectivity index (χ0v) is 27.8. The fourth-order valence-corrected chi connectivity index (χ4v) is 5.58. The van der Waals surface area contributed by atoms with Crippen LogP contribution in [0.25, 0.3) is 0 Å². The Labute approximate surface area is 240 Å². The van der Waals surface area contributed by atoms with E-state index in [2.05, 4.69) is 41.5 Å². The minimum Gasteiger partial charge on any atom is -0.756 e. The fourth-order valence-electron chi connectivity index (χ4n) is 4.80. The SMILES string of the molecule is CCCCCCCCOP(=O)([O-])OCCCCCCCC.CCCC[N+](CCCC)(CCCC)CCCC. The summed E-state index contributed by atoms with van der Waals surface area (Å²) in [5.74, 6) is 0. The Hall–Kier alpha value is 0.0700. The molecule has 0 aliphatic carbocycles. The number of quaternary nitrogens is 1. The van der Waals surface area contributed by atoms with Gasteiger partial charge in [-0.25, -0.2) is 0 Å². The van der Waals surface area contributed by atoms with Crippen LogP contribution >= 0.6 is 7.82 Å². The van der Waals surface area contributed by atoms with Crippen LogP contribution in [0, 0.1) is 0 Å². The van der Waals surface area contributed by atoms with Gasteiger partial charge in [0.1, 0.15) is 0 Å². The van der Waals surface area contributed by atoms with Crippen LogP contribution in [0.5, 0.6) is 0 Å². The van der Waals surface area contributed by atoms with E-state index in [0.29, 0.717) is 0 Å². The lowest BCUT2D eigenvalue weighted by atomic mass is 10.1. The van der Waals surface area contributed by atoms with E-state index in [1.165, 1.54) is 121 Å². The molecule has 0 aromatic rings. The first kappa shape index (κ1) is 40.2. The van der Waals surface area contributed by atoms with Crippen LogP contribution in [0.2, 0.25) is 0 Å². The van der Waals surface area contributed by atoms with Gasteiger partial charge in [-0.15, -0.1) is 0 Å². The lowest BCUT2D eigenvalue weighted by Crippen LogP contribution is -2.50. The van der Waals surface area contributed by atoms with Gasteiger partial charge in [0.25, 0.3) is 7.82 Å². The molecule has 0 spiro atoms. The summed E-state index contributed by atoms with van der Waals surface area (Å²) in [6, 6.07) is 0. The summed E-state index contributed by atoms with van der Waals surface area (Å²) in [6.45, 7) is 19.9. The highest BCUT2D eigenvalue weighted by atomic mass is 31.2. The molecular weight excluding hydrogens is 493 g/mol. The van der Waals surface area contributed by atoms with Crippen molar-refractivity contribution in [3.05, 3.63) is 0 Å². The van der Waals surface area contributed by atoms with E-state index >= 15 is 0 Å². The zero-order chi connectivity index (χ0) is 28.8. The highest BCUT2D eigenvalue weighted by Gasteiger charge is 2.24. The summed E-state index contributed by atoms with van der Waals surface area (Å²) in [5, 5.41) is 0. The molecule has 0 aromatic carbocycles. The third kappa shape index (κ3) is 27.6. The molecule has 0 aromatic heterocycles. The van der Waals surface area contributed by atoms with E-state index in [9.17, 15) is 9.46 Å². The first-order valence-electron chi connectivity index (χ1n) is 16.8. The highest BCUT2D eigenvalue weighted by Crippen LogP contribution is 2.38. The van der Waals surface area contributed by atoms with Gasteiger partial charge in [0, 0.05) is 0 Å². The molecule has 38 heavy (non-hydrogen) atoms. The average molecular weight is 564 g/mol. The van der Waals surface area contributed by atoms with Crippen molar-refractivity contribution in [1.82, 2.24) is 0 Å². The topological polar surface area (TPSA) is 58.6 Å². The zero-order valence-electron chi connectivity index (χ0n) is 26.9. The van der Waals surface area contributed by atoms with Crippen molar-refractivity contribution >= 4 is 7.82 Å². The first-order chi connectivity index (χ1) is 18.4. The van der Waals surface area contributed by atoms with Crippen LogP contribution in [0.1, 0.15) is 170 Å². The predicted octanol–water partition coefficient (Wildman–Crippen LogP) is 10.2. The van der Waals surface area contributed by atoms with E-state index in [0.717, 1.165) is 38.5 Å². The van der Waals surface area contributed by atoms with Gasteiger partial charge >= 0.3 is 0 Å².